The number of fused-ring (bicyclic) bond motifs is 1. The van der Waals surface area contributed by atoms with E-state index in [9.17, 15) is 4.79 Å². The Morgan fingerprint density at radius 2 is 2.00 bits per heavy atom. The van der Waals surface area contributed by atoms with Gasteiger partial charge < -0.3 is 4.90 Å². The number of hydrogen-bond acceptors (Lipinski definition) is 1. The summed E-state index contributed by atoms with van der Waals surface area (Å²) in [5.41, 5.74) is 2.54. The molecule has 1 aliphatic heterocycles. The van der Waals surface area contributed by atoms with Gasteiger partial charge in [-0.2, -0.15) is 0 Å². The lowest BCUT2D eigenvalue weighted by molar-refractivity contribution is -0.124. The second kappa shape index (κ2) is 3.59. The summed E-state index contributed by atoms with van der Waals surface area (Å²) in [4.78, 5) is 14.4. The number of nitrogens with zero attached hydrogens (tertiary/aromatic N) is 1. The van der Waals surface area contributed by atoms with Gasteiger partial charge in [-0.1, -0.05) is 38.5 Å². The first-order valence-electron chi connectivity index (χ1n) is 6.50. The minimum atomic E-state index is 0.0933. The lowest BCUT2D eigenvalue weighted by Gasteiger charge is -2.30. The van der Waals surface area contributed by atoms with Crippen LogP contribution in [0, 0.1) is 5.92 Å². The molecule has 0 aromatic heterocycles. The Balaban J connectivity index is 1.96. The van der Waals surface area contributed by atoms with Gasteiger partial charge in [0.15, 0.2) is 0 Å². The van der Waals surface area contributed by atoms with E-state index in [0.717, 1.165) is 25.1 Å². The molecule has 1 amide bonds. The van der Waals surface area contributed by atoms with Crippen molar-refractivity contribution in [2.75, 3.05) is 11.4 Å². The Morgan fingerprint density at radius 1 is 1.29 bits per heavy atom. The zero-order chi connectivity index (χ0) is 12.0. The largest absolute Gasteiger partial charge is 0.311 e. The molecule has 2 nitrogen and oxygen atoms in total. The van der Waals surface area contributed by atoms with Crippen LogP contribution in [0.5, 0.6) is 0 Å². The van der Waals surface area contributed by atoms with E-state index in [4.69, 9.17) is 0 Å². The Labute approximate surface area is 103 Å². The number of carbonyl (C=O) groups excluding carboxylic acids is 1. The van der Waals surface area contributed by atoms with Crippen LogP contribution in [0.1, 0.15) is 38.7 Å². The fourth-order valence-corrected chi connectivity index (χ4v) is 2.92. The van der Waals surface area contributed by atoms with Crippen molar-refractivity contribution >= 4 is 11.6 Å². The van der Waals surface area contributed by atoms with E-state index in [1.54, 1.807) is 0 Å². The van der Waals surface area contributed by atoms with Crippen LogP contribution in [0.4, 0.5) is 5.69 Å². The number of benzene rings is 1. The lowest BCUT2D eigenvalue weighted by atomic mass is 9.84. The Hall–Kier alpha value is -1.31. The highest BCUT2D eigenvalue weighted by atomic mass is 16.2. The smallest absolute Gasteiger partial charge is 0.230 e. The van der Waals surface area contributed by atoms with Gasteiger partial charge in [0.1, 0.15) is 0 Å². The SMILES string of the molecule is CC1(C)CN(C(=O)C2CCC2)c2ccccc21. The summed E-state index contributed by atoms with van der Waals surface area (Å²) < 4.78 is 0. The van der Waals surface area contributed by atoms with Gasteiger partial charge in [0.2, 0.25) is 5.91 Å². The van der Waals surface area contributed by atoms with Crippen LogP contribution in [-0.4, -0.2) is 12.5 Å². The predicted octanol–water partition coefficient (Wildman–Crippen LogP) is 3.11. The van der Waals surface area contributed by atoms with Crippen molar-refractivity contribution in [2.24, 2.45) is 5.92 Å². The number of amides is 1. The number of hydrogen-bond donors (Lipinski definition) is 0. The van der Waals surface area contributed by atoms with Crippen LogP contribution in [0.25, 0.3) is 0 Å². The van der Waals surface area contributed by atoms with Crippen molar-refractivity contribution < 1.29 is 4.79 Å². The molecule has 1 saturated carbocycles. The molecule has 0 radical (unpaired) electrons. The normalized spacial score (nSPS) is 22.1. The maximum absolute atomic E-state index is 12.4. The maximum atomic E-state index is 12.4. The Morgan fingerprint density at radius 3 is 2.65 bits per heavy atom. The van der Waals surface area contributed by atoms with Crippen LogP contribution in [-0.2, 0) is 10.2 Å². The van der Waals surface area contributed by atoms with Gasteiger partial charge in [-0.3, -0.25) is 4.79 Å². The molecule has 17 heavy (non-hydrogen) atoms. The van der Waals surface area contributed by atoms with Gasteiger partial charge in [0, 0.05) is 23.6 Å². The van der Waals surface area contributed by atoms with E-state index < -0.39 is 0 Å². The molecule has 1 aromatic rings. The molecule has 0 saturated heterocycles. The molecule has 3 rings (SSSR count). The number of para-hydroxylation sites is 1. The molecule has 0 unspecified atom stereocenters. The van der Waals surface area contributed by atoms with E-state index in [0.29, 0.717) is 5.91 Å². The third kappa shape index (κ3) is 1.58. The highest BCUT2D eigenvalue weighted by Gasteiger charge is 2.40. The average Bonchev–Trinajstić information content (AvgIpc) is 2.49. The highest BCUT2D eigenvalue weighted by molar-refractivity contribution is 5.98. The highest BCUT2D eigenvalue weighted by Crippen LogP contribution is 2.42. The van der Waals surface area contributed by atoms with Crippen molar-refractivity contribution in [1.29, 1.82) is 0 Å². The minimum Gasteiger partial charge on any atom is -0.311 e. The van der Waals surface area contributed by atoms with E-state index >= 15 is 0 Å². The standard InChI is InChI=1S/C15H19NO/c1-15(2)10-16(14(17)11-6-5-7-11)13-9-4-3-8-12(13)15/h3-4,8-9,11H,5-7,10H2,1-2H3. The zero-order valence-electron chi connectivity index (χ0n) is 10.6. The molecule has 1 aromatic carbocycles. The summed E-state index contributed by atoms with van der Waals surface area (Å²) in [7, 11) is 0. The quantitative estimate of drug-likeness (QED) is 0.724. The van der Waals surface area contributed by atoms with Crippen molar-refractivity contribution in [1.82, 2.24) is 0 Å². The molecule has 1 fully saturated rings. The Bertz CT molecular complexity index is 460. The van der Waals surface area contributed by atoms with Gasteiger partial charge in [0.25, 0.3) is 0 Å². The monoisotopic (exact) mass is 229 g/mol. The van der Waals surface area contributed by atoms with Crippen molar-refractivity contribution in [3.8, 4) is 0 Å². The van der Waals surface area contributed by atoms with E-state index in [1.165, 1.54) is 12.0 Å². The first-order chi connectivity index (χ1) is 8.09. The molecule has 0 N–H and O–H groups in total. The summed E-state index contributed by atoms with van der Waals surface area (Å²) in [6.45, 7) is 5.28. The summed E-state index contributed by atoms with van der Waals surface area (Å²) in [5, 5.41) is 0. The first kappa shape index (κ1) is 10.8. The molecule has 2 heteroatoms. The second-order valence-corrected chi connectivity index (χ2v) is 5.95. The molecule has 1 heterocycles. The fourth-order valence-electron chi connectivity index (χ4n) is 2.92. The lowest BCUT2D eigenvalue weighted by Crippen LogP contribution is -2.40. The van der Waals surface area contributed by atoms with Crippen molar-refractivity contribution in [3.63, 3.8) is 0 Å². The van der Waals surface area contributed by atoms with Crippen LogP contribution >= 0.6 is 0 Å². The summed E-state index contributed by atoms with van der Waals surface area (Å²) in [6.07, 6.45) is 3.38. The van der Waals surface area contributed by atoms with Gasteiger partial charge in [-0.05, 0) is 24.5 Å². The van der Waals surface area contributed by atoms with Gasteiger partial charge in [-0.25, -0.2) is 0 Å². The molecule has 90 valence electrons. The van der Waals surface area contributed by atoms with Gasteiger partial charge in [0.05, 0.1) is 0 Å². The minimum absolute atomic E-state index is 0.0933. The molecular weight excluding hydrogens is 210 g/mol. The number of carbonyl (C=O) groups is 1. The average molecular weight is 229 g/mol. The van der Waals surface area contributed by atoms with E-state index in [-0.39, 0.29) is 11.3 Å². The number of anilines is 1. The summed E-state index contributed by atoms with van der Waals surface area (Å²) >= 11 is 0. The summed E-state index contributed by atoms with van der Waals surface area (Å²) in [5.74, 6) is 0.631. The second-order valence-electron chi connectivity index (χ2n) is 5.95. The molecule has 0 spiro atoms. The van der Waals surface area contributed by atoms with Crippen molar-refractivity contribution in [3.05, 3.63) is 29.8 Å². The molecular formula is C15H19NO. The van der Waals surface area contributed by atoms with Crippen molar-refractivity contribution in [2.45, 2.75) is 38.5 Å². The van der Waals surface area contributed by atoms with Crippen LogP contribution in [0.15, 0.2) is 24.3 Å². The molecule has 2 aliphatic rings. The first-order valence-corrected chi connectivity index (χ1v) is 6.50. The van der Waals surface area contributed by atoms with Gasteiger partial charge in [-0.15, -0.1) is 0 Å². The molecule has 0 bridgehead atoms. The third-order valence-electron chi connectivity index (χ3n) is 4.20. The molecule has 1 aliphatic carbocycles. The van der Waals surface area contributed by atoms with Crippen LogP contribution < -0.4 is 4.90 Å². The van der Waals surface area contributed by atoms with Crippen LogP contribution in [0.3, 0.4) is 0 Å². The van der Waals surface area contributed by atoms with Crippen LogP contribution in [0.2, 0.25) is 0 Å². The number of rotatable bonds is 1. The predicted molar refractivity (Wildman–Crippen MR) is 69.2 cm³/mol. The zero-order valence-corrected chi connectivity index (χ0v) is 10.6. The molecule has 0 atom stereocenters. The van der Waals surface area contributed by atoms with Gasteiger partial charge >= 0.3 is 0 Å². The third-order valence-corrected chi connectivity index (χ3v) is 4.20. The Kier molecular flexibility index (Phi) is 2.29. The topological polar surface area (TPSA) is 20.3 Å². The van der Waals surface area contributed by atoms with E-state index in [2.05, 4.69) is 32.0 Å². The summed E-state index contributed by atoms with van der Waals surface area (Å²) in [6, 6.07) is 8.34. The van der Waals surface area contributed by atoms with E-state index in [1.807, 2.05) is 11.0 Å². The maximum Gasteiger partial charge on any atom is 0.230 e. The fraction of sp³-hybridized carbons (Fsp3) is 0.533.